The number of carbonyl (C=O) groups is 3. The van der Waals surface area contributed by atoms with Crippen LogP contribution in [0.2, 0.25) is 10.0 Å². The summed E-state index contributed by atoms with van der Waals surface area (Å²) >= 11 is 19.3. The van der Waals surface area contributed by atoms with Crippen molar-refractivity contribution in [3.05, 3.63) is 58.1 Å². The SMILES string of the molecule is O=C(Oc1ccc(N2C(=O)[C@@H]3[C@H]4C[C@@H]([C@H](Br)[C@@H]4Br)[C@@H]3C2=O)cc1)c1ccc(Cl)cc1Cl. The number of imide groups is 1. The van der Waals surface area contributed by atoms with Gasteiger partial charge >= 0.3 is 5.97 Å². The average Bonchev–Trinajstić information content (AvgIpc) is 3.33. The van der Waals surface area contributed by atoms with Gasteiger partial charge in [0.05, 0.1) is 28.1 Å². The van der Waals surface area contributed by atoms with E-state index in [2.05, 4.69) is 31.9 Å². The molecule has 5 rings (SSSR count). The fourth-order valence-corrected chi connectivity index (χ4v) is 7.44. The molecule has 0 aromatic heterocycles. The minimum atomic E-state index is -0.624. The summed E-state index contributed by atoms with van der Waals surface area (Å²) in [6.45, 7) is 0. The predicted octanol–water partition coefficient (Wildman–Crippen LogP) is 5.49. The molecule has 9 heteroatoms. The van der Waals surface area contributed by atoms with Crippen LogP contribution in [0.5, 0.6) is 5.75 Å². The minimum Gasteiger partial charge on any atom is -0.423 e. The molecule has 1 saturated heterocycles. The zero-order chi connectivity index (χ0) is 22.0. The van der Waals surface area contributed by atoms with Gasteiger partial charge < -0.3 is 4.74 Å². The van der Waals surface area contributed by atoms with Crippen molar-refractivity contribution in [1.29, 1.82) is 0 Å². The lowest BCUT2D eigenvalue weighted by Gasteiger charge is -2.28. The summed E-state index contributed by atoms with van der Waals surface area (Å²) in [6.07, 6.45) is 0.884. The standard InChI is InChI=1S/C22H15Br2Cl2NO4/c23-18-13-8-14(19(18)24)17-16(13)20(28)27(21(17)29)10-2-4-11(5-3-10)31-22(30)12-6-1-9(25)7-15(12)26/h1-7,13-14,16-19H,8H2/t13-,14-,16-,17+,18-,19+/m1/s1. The first kappa shape index (κ1) is 21.4. The highest BCUT2D eigenvalue weighted by Gasteiger charge is 2.66. The van der Waals surface area contributed by atoms with Gasteiger partial charge in [-0.1, -0.05) is 55.1 Å². The largest absolute Gasteiger partial charge is 0.423 e. The minimum absolute atomic E-state index is 0.149. The number of anilines is 1. The molecule has 1 heterocycles. The van der Waals surface area contributed by atoms with Gasteiger partial charge in [0.15, 0.2) is 0 Å². The van der Waals surface area contributed by atoms with Crippen LogP contribution in [0.4, 0.5) is 5.69 Å². The third-order valence-corrected chi connectivity index (χ3v) is 10.2. The Labute approximate surface area is 205 Å². The van der Waals surface area contributed by atoms with Crippen molar-refractivity contribution in [2.24, 2.45) is 23.7 Å². The van der Waals surface area contributed by atoms with Crippen molar-refractivity contribution >= 4 is 78.5 Å². The van der Waals surface area contributed by atoms with Crippen molar-refractivity contribution in [3.63, 3.8) is 0 Å². The second kappa shape index (κ2) is 7.87. The molecule has 2 aromatic rings. The van der Waals surface area contributed by atoms with Crippen LogP contribution >= 0.6 is 55.1 Å². The summed E-state index contributed by atoms with van der Waals surface area (Å²) in [7, 11) is 0. The molecule has 2 saturated carbocycles. The summed E-state index contributed by atoms with van der Waals surface area (Å²) in [5.41, 5.74) is 0.669. The Morgan fingerprint density at radius 1 is 0.935 bits per heavy atom. The smallest absolute Gasteiger partial charge is 0.345 e. The molecule has 2 bridgehead atoms. The molecule has 160 valence electrons. The van der Waals surface area contributed by atoms with Crippen LogP contribution in [0.1, 0.15) is 16.8 Å². The van der Waals surface area contributed by atoms with Gasteiger partial charge in [0.25, 0.3) is 0 Å². The van der Waals surface area contributed by atoms with Crippen LogP contribution < -0.4 is 9.64 Å². The number of halogens is 4. The van der Waals surface area contributed by atoms with E-state index in [0.717, 1.165) is 6.42 Å². The molecule has 0 radical (unpaired) electrons. The molecule has 2 amide bonds. The van der Waals surface area contributed by atoms with E-state index in [0.29, 0.717) is 10.7 Å². The number of fused-ring (bicyclic) bond motifs is 5. The van der Waals surface area contributed by atoms with Crippen LogP contribution in [0.3, 0.4) is 0 Å². The number of amides is 2. The first-order chi connectivity index (χ1) is 14.8. The van der Waals surface area contributed by atoms with Crippen molar-refractivity contribution in [1.82, 2.24) is 0 Å². The lowest BCUT2D eigenvalue weighted by molar-refractivity contribution is -0.123. The third-order valence-electron chi connectivity index (χ3n) is 6.44. The molecule has 2 aliphatic carbocycles. The number of rotatable bonds is 3. The topological polar surface area (TPSA) is 63.7 Å². The molecule has 0 unspecified atom stereocenters. The van der Waals surface area contributed by atoms with E-state index in [9.17, 15) is 14.4 Å². The zero-order valence-corrected chi connectivity index (χ0v) is 20.5. The van der Waals surface area contributed by atoms with Crippen molar-refractivity contribution < 1.29 is 19.1 Å². The summed E-state index contributed by atoms with van der Waals surface area (Å²) in [5, 5.41) is 0.611. The molecule has 0 spiro atoms. The Hall–Kier alpha value is -1.41. The van der Waals surface area contributed by atoms with Gasteiger partial charge in [-0.15, -0.1) is 0 Å². The molecule has 2 aromatic carbocycles. The van der Waals surface area contributed by atoms with Crippen LogP contribution in [-0.2, 0) is 9.59 Å². The first-order valence-electron chi connectivity index (χ1n) is 9.71. The van der Waals surface area contributed by atoms with Crippen LogP contribution in [0.25, 0.3) is 0 Å². The number of carbonyl (C=O) groups excluding carboxylic acids is 3. The zero-order valence-electron chi connectivity index (χ0n) is 15.8. The highest BCUT2D eigenvalue weighted by Crippen LogP contribution is 2.60. The van der Waals surface area contributed by atoms with Crippen molar-refractivity contribution in [2.45, 2.75) is 16.1 Å². The lowest BCUT2D eigenvalue weighted by Crippen LogP contribution is -2.37. The summed E-state index contributed by atoms with van der Waals surface area (Å²) in [6, 6.07) is 10.8. The number of hydrogen-bond acceptors (Lipinski definition) is 4. The quantitative estimate of drug-likeness (QED) is 0.206. The van der Waals surface area contributed by atoms with E-state index in [1.54, 1.807) is 30.3 Å². The van der Waals surface area contributed by atoms with E-state index < -0.39 is 5.97 Å². The Bertz CT molecular complexity index is 1080. The number of nitrogens with zero attached hydrogens (tertiary/aromatic N) is 1. The number of alkyl halides is 2. The molecular formula is C22H15Br2Cl2NO4. The predicted molar refractivity (Wildman–Crippen MR) is 124 cm³/mol. The lowest BCUT2D eigenvalue weighted by atomic mass is 9.81. The van der Waals surface area contributed by atoms with E-state index >= 15 is 0 Å². The number of ether oxygens (including phenoxy) is 1. The normalized spacial score (nSPS) is 31.3. The van der Waals surface area contributed by atoms with Gasteiger partial charge in [0, 0.05) is 14.7 Å². The van der Waals surface area contributed by atoms with Gasteiger partial charge in [-0.25, -0.2) is 4.79 Å². The second-order valence-electron chi connectivity index (χ2n) is 8.02. The third kappa shape index (κ3) is 3.36. The van der Waals surface area contributed by atoms with Crippen molar-refractivity contribution in [2.75, 3.05) is 4.90 Å². The highest BCUT2D eigenvalue weighted by atomic mass is 79.9. The molecule has 3 aliphatic rings. The molecule has 3 fully saturated rings. The van der Waals surface area contributed by atoms with Gasteiger partial charge in [-0.3, -0.25) is 14.5 Å². The van der Waals surface area contributed by atoms with Gasteiger partial charge in [-0.2, -0.15) is 0 Å². The first-order valence-corrected chi connectivity index (χ1v) is 12.3. The molecule has 31 heavy (non-hydrogen) atoms. The molecular weight excluding hydrogens is 573 g/mol. The van der Waals surface area contributed by atoms with E-state index in [-0.39, 0.29) is 61.5 Å². The summed E-state index contributed by atoms with van der Waals surface area (Å²) in [4.78, 5) is 40.3. The summed E-state index contributed by atoms with van der Waals surface area (Å²) < 4.78 is 5.37. The summed E-state index contributed by atoms with van der Waals surface area (Å²) in [5.74, 6) is -0.885. The van der Waals surface area contributed by atoms with Gasteiger partial charge in [0.1, 0.15) is 5.75 Å². The monoisotopic (exact) mass is 585 g/mol. The second-order valence-corrected chi connectivity index (χ2v) is 11.0. The molecule has 6 atom stereocenters. The Balaban J connectivity index is 1.34. The molecule has 5 nitrogen and oxygen atoms in total. The average molecular weight is 588 g/mol. The van der Waals surface area contributed by atoms with E-state index in [1.165, 1.54) is 17.0 Å². The number of benzene rings is 2. The molecule has 1 aliphatic heterocycles. The highest BCUT2D eigenvalue weighted by molar-refractivity contribution is 9.12. The van der Waals surface area contributed by atoms with Crippen LogP contribution in [-0.4, -0.2) is 27.4 Å². The van der Waals surface area contributed by atoms with E-state index in [4.69, 9.17) is 27.9 Å². The van der Waals surface area contributed by atoms with Gasteiger partial charge in [-0.05, 0) is 60.7 Å². The maximum atomic E-state index is 13.1. The van der Waals surface area contributed by atoms with Gasteiger partial charge in [0.2, 0.25) is 11.8 Å². The maximum absolute atomic E-state index is 13.1. The van der Waals surface area contributed by atoms with Crippen LogP contribution in [0.15, 0.2) is 42.5 Å². The fraction of sp³-hybridized carbons (Fsp3) is 0.318. The Morgan fingerprint density at radius 3 is 2.06 bits per heavy atom. The van der Waals surface area contributed by atoms with E-state index in [1.807, 2.05) is 0 Å². The maximum Gasteiger partial charge on any atom is 0.345 e. The van der Waals surface area contributed by atoms with Crippen molar-refractivity contribution in [3.8, 4) is 5.75 Å². The Kier molecular flexibility index (Phi) is 5.44. The molecule has 0 N–H and O–H groups in total. The van der Waals surface area contributed by atoms with Crippen LogP contribution in [0, 0.1) is 23.7 Å². The number of esters is 1. The number of hydrogen-bond donors (Lipinski definition) is 0. The Morgan fingerprint density at radius 2 is 1.52 bits per heavy atom. The fourth-order valence-electron chi connectivity index (χ4n) is 5.08.